The van der Waals surface area contributed by atoms with E-state index >= 15 is 0 Å². The number of nitrogens with one attached hydrogen (secondary N) is 3. The Morgan fingerprint density at radius 1 is 1.64 bits per heavy atom. The molecule has 78 valence electrons. The van der Waals surface area contributed by atoms with Crippen molar-refractivity contribution in [2.45, 2.75) is 13.0 Å². The molecule has 5 N–H and O–H groups in total. The highest BCUT2D eigenvalue weighted by Gasteiger charge is 2.31. The molecular weight excluding hydrogens is 204 g/mol. The molecule has 1 saturated heterocycles. The maximum absolute atomic E-state index is 11.2. The zero-order valence-electron chi connectivity index (χ0n) is 7.66. The van der Waals surface area contributed by atoms with Crippen LogP contribution < -0.4 is 16.4 Å². The smallest absolute Gasteiger partial charge is 0.321 e. The first-order chi connectivity index (χ1) is 6.50. The first kappa shape index (κ1) is 10.8. The third-order valence-corrected chi connectivity index (χ3v) is 2.83. The van der Waals surface area contributed by atoms with Crippen LogP contribution in [0.25, 0.3) is 0 Å². The molecule has 14 heavy (non-hydrogen) atoms. The van der Waals surface area contributed by atoms with E-state index < -0.39 is 6.03 Å². The molecule has 0 saturated carbocycles. The lowest BCUT2D eigenvalue weighted by atomic mass is 10.0. The van der Waals surface area contributed by atoms with Crippen molar-refractivity contribution in [3.63, 3.8) is 0 Å². The van der Waals surface area contributed by atoms with Gasteiger partial charge in [-0.3, -0.25) is 15.5 Å². The number of amides is 3. The summed E-state index contributed by atoms with van der Waals surface area (Å²) in [5.41, 5.74) is 5.16. The second kappa shape index (κ2) is 4.32. The average molecular weight is 216 g/mol. The summed E-state index contributed by atoms with van der Waals surface area (Å²) in [5.74, 6) is -0.141. The Labute approximate surface area is 85.5 Å². The molecule has 1 heterocycles. The lowest BCUT2D eigenvalue weighted by molar-refractivity contribution is -0.124. The van der Waals surface area contributed by atoms with Gasteiger partial charge in [-0.2, -0.15) is 0 Å². The molecule has 0 aromatic carbocycles. The predicted molar refractivity (Wildman–Crippen MR) is 54.0 cm³/mol. The summed E-state index contributed by atoms with van der Waals surface area (Å²) in [7, 11) is 0. The number of hydrogen-bond acceptors (Lipinski definition) is 4. The summed E-state index contributed by atoms with van der Waals surface area (Å²) in [6.07, 6.45) is 0. The van der Waals surface area contributed by atoms with Gasteiger partial charge in [-0.1, -0.05) is 18.7 Å². The number of urea groups is 1. The van der Waals surface area contributed by atoms with E-state index in [1.165, 1.54) is 0 Å². The van der Waals surface area contributed by atoms with Gasteiger partial charge < -0.3 is 11.1 Å². The van der Waals surface area contributed by atoms with E-state index in [0.717, 1.165) is 11.8 Å². The van der Waals surface area contributed by atoms with Crippen molar-refractivity contribution in [1.82, 2.24) is 10.6 Å². The fraction of sp³-hybridized carbons (Fsp3) is 0.571. The molecule has 0 spiro atoms. The number of imide groups is 1. The van der Waals surface area contributed by atoms with Crippen molar-refractivity contribution >= 4 is 28.9 Å². The van der Waals surface area contributed by atoms with Crippen LogP contribution in [-0.2, 0) is 4.79 Å². The van der Waals surface area contributed by atoms with Crippen LogP contribution in [-0.4, -0.2) is 28.9 Å². The van der Waals surface area contributed by atoms with Gasteiger partial charge >= 0.3 is 6.03 Å². The minimum absolute atomic E-state index is 0.0163. The summed E-state index contributed by atoms with van der Waals surface area (Å²) in [6, 6.07) is -0.743. The third-order valence-electron chi connectivity index (χ3n) is 1.99. The molecule has 1 rings (SSSR count). The summed E-state index contributed by atoms with van der Waals surface area (Å²) >= 11 is 1.11. The quantitative estimate of drug-likeness (QED) is 0.367. The van der Waals surface area contributed by atoms with Crippen LogP contribution in [0.15, 0.2) is 0 Å². The molecule has 7 heteroatoms. The van der Waals surface area contributed by atoms with Gasteiger partial charge in [-0.05, 0) is 0 Å². The molecule has 1 aliphatic rings. The van der Waals surface area contributed by atoms with Gasteiger partial charge in [-0.25, -0.2) is 4.79 Å². The second-order valence-corrected chi connectivity index (χ2v) is 4.09. The van der Waals surface area contributed by atoms with E-state index in [1.807, 2.05) is 0 Å². The zero-order valence-corrected chi connectivity index (χ0v) is 8.48. The number of carbonyl (C=O) groups excluding carboxylic acids is 2. The molecule has 6 nitrogen and oxygen atoms in total. The monoisotopic (exact) mass is 216 g/mol. The maximum Gasteiger partial charge on any atom is 0.321 e. The van der Waals surface area contributed by atoms with Crippen molar-refractivity contribution in [2.24, 2.45) is 11.7 Å². The van der Waals surface area contributed by atoms with Crippen molar-refractivity contribution in [2.75, 3.05) is 5.75 Å². The molecule has 2 atom stereocenters. The van der Waals surface area contributed by atoms with Crippen molar-refractivity contribution in [3.8, 4) is 0 Å². The van der Waals surface area contributed by atoms with Crippen LogP contribution in [0.2, 0.25) is 0 Å². The Bertz CT molecular complexity index is 281. The molecular formula is C7H12N4O2S. The number of nitrogens with two attached hydrogens (primary N) is 1. The Morgan fingerprint density at radius 3 is 2.86 bits per heavy atom. The highest BCUT2D eigenvalue weighted by atomic mass is 32.2. The Hall–Kier alpha value is -1.24. The van der Waals surface area contributed by atoms with Crippen LogP contribution in [0.1, 0.15) is 6.92 Å². The van der Waals surface area contributed by atoms with Crippen LogP contribution in [0.4, 0.5) is 4.79 Å². The van der Waals surface area contributed by atoms with E-state index in [4.69, 9.17) is 11.1 Å². The maximum atomic E-state index is 11.2. The summed E-state index contributed by atoms with van der Waals surface area (Å²) < 4.78 is 0. The molecule has 2 unspecified atom stereocenters. The van der Waals surface area contributed by atoms with Crippen LogP contribution in [0, 0.1) is 11.3 Å². The molecule has 1 fully saturated rings. The standard InChI is InChI=1S/C7H12N4O2S/c1-3-4(2-14-6(8)9)10-7(13)11-5(3)12/h3-4H,2H2,1H3,(H3,8,9)(H2,10,11,12,13). The van der Waals surface area contributed by atoms with Crippen molar-refractivity contribution in [3.05, 3.63) is 0 Å². The van der Waals surface area contributed by atoms with E-state index in [0.29, 0.717) is 5.75 Å². The number of carbonyl (C=O) groups is 2. The van der Waals surface area contributed by atoms with Gasteiger partial charge in [0.15, 0.2) is 5.17 Å². The minimum Gasteiger partial charge on any atom is -0.379 e. The SMILES string of the molecule is CC1C(=O)NC(=O)NC1CSC(=N)N. The van der Waals surface area contributed by atoms with Crippen molar-refractivity contribution < 1.29 is 9.59 Å². The topological polar surface area (TPSA) is 108 Å². The number of hydrogen-bond donors (Lipinski definition) is 4. The van der Waals surface area contributed by atoms with Gasteiger partial charge in [-0.15, -0.1) is 0 Å². The Balaban J connectivity index is 2.53. The molecule has 1 aliphatic heterocycles. The fourth-order valence-electron chi connectivity index (χ4n) is 1.10. The highest BCUT2D eigenvalue weighted by molar-refractivity contribution is 8.13. The first-order valence-corrected chi connectivity index (χ1v) is 5.07. The number of thioether (sulfide) groups is 1. The fourth-order valence-corrected chi connectivity index (χ4v) is 1.83. The van der Waals surface area contributed by atoms with Crippen LogP contribution >= 0.6 is 11.8 Å². The van der Waals surface area contributed by atoms with Gasteiger partial charge in [0.05, 0.1) is 12.0 Å². The average Bonchev–Trinajstić information content (AvgIpc) is 2.08. The van der Waals surface area contributed by atoms with Gasteiger partial charge in [0.2, 0.25) is 5.91 Å². The lowest BCUT2D eigenvalue weighted by Gasteiger charge is -2.28. The second-order valence-electron chi connectivity index (χ2n) is 3.03. The summed E-state index contributed by atoms with van der Waals surface area (Å²) in [4.78, 5) is 22.1. The van der Waals surface area contributed by atoms with E-state index in [-0.39, 0.29) is 23.0 Å². The molecule has 0 aromatic rings. The Morgan fingerprint density at radius 2 is 2.29 bits per heavy atom. The molecule has 0 aliphatic carbocycles. The van der Waals surface area contributed by atoms with E-state index in [1.54, 1.807) is 6.92 Å². The van der Waals surface area contributed by atoms with Gasteiger partial charge in [0.25, 0.3) is 0 Å². The van der Waals surface area contributed by atoms with Gasteiger partial charge in [0, 0.05) is 5.75 Å². The lowest BCUT2D eigenvalue weighted by Crippen LogP contribution is -2.58. The summed E-state index contributed by atoms with van der Waals surface area (Å²) in [5, 5.41) is 11.8. The van der Waals surface area contributed by atoms with E-state index in [2.05, 4.69) is 10.6 Å². The Kier molecular flexibility index (Phi) is 3.34. The van der Waals surface area contributed by atoms with E-state index in [9.17, 15) is 9.59 Å². The van der Waals surface area contributed by atoms with Crippen LogP contribution in [0.3, 0.4) is 0 Å². The van der Waals surface area contributed by atoms with Crippen LogP contribution in [0.5, 0.6) is 0 Å². The summed E-state index contributed by atoms with van der Waals surface area (Å²) in [6.45, 7) is 1.72. The molecule has 0 aromatic heterocycles. The number of rotatable bonds is 2. The normalized spacial score (nSPS) is 26.6. The number of amidine groups is 1. The van der Waals surface area contributed by atoms with Gasteiger partial charge in [0.1, 0.15) is 0 Å². The molecule has 0 radical (unpaired) electrons. The minimum atomic E-state index is -0.484. The first-order valence-electron chi connectivity index (χ1n) is 4.09. The highest BCUT2D eigenvalue weighted by Crippen LogP contribution is 2.13. The van der Waals surface area contributed by atoms with Crippen molar-refractivity contribution in [1.29, 1.82) is 5.41 Å². The largest absolute Gasteiger partial charge is 0.379 e. The molecule has 3 amide bonds. The predicted octanol–water partition coefficient (Wildman–Crippen LogP) is -0.543. The molecule has 0 bridgehead atoms. The third kappa shape index (κ3) is 2.63. The zero-order chi connectivity index (χ0) is 10.7.